The maximum atomic E-state index is 11.5. The molecule has 2 aliphatic rings. The van der Waals surface area contributed by atoms with Gasteiger partial charge in [-0.1, -0.05) is 6.07 Å². The molecule has 2 fully saturated rings. The SMILES string of the molecule is CC1(C)OB(c2ccc(C(=O)O)c(N3CCCC3)c2)OC1(C)C. The summed E-state index contributed by atoms with van der Waals surface area (Å²) in [6.07, 6.45) is 2.19. The zero-order valence-electron chi connectivity index (χ0n) is 14.3. The van der Waals surface area contributed by atoms with Gasteiger partial charge in [0.2, 0.25) is 0 Å². The highest BCUT2D eigenvalue weighted by atomic mass is 16.7. The van der Waals surface area contributed by atoms with Crippen LogP contribution in [0.3, 0.4) is 0 Å². The Labute approximate surface area is 137 Å². The van der Waals surface area contributed by atoms with Crippen molar-refractivity contribution in [3.63, 3.8) is 0 Å². The van der Waals surface area contributed by atoms with Crippen LogP contribution >= 0.6 is 0 Å². The van der Waals surface area contributed by atoms with E-state index in [0.29, 0.717) is 5.56 Å². The summed E-state index contributed by atoms with van der Waals surface area (Å²) in [4.78, 5) is 13.7. The van der Waals surface area contributed by atoms with E-state index >= 15 is 0 Å². The lowest BCUT2D eigenvalue weighted by atomic mass is 9.78. The van der Waals surface area contributed by atoms with Crippen molar-refractivity contribution in [1.29, 1.82) is 0 Å². The zero-order chi connectivity index (χ0) is 16.8. The Morgan fingerprint density at radius 2 is 1.70 bits per heavy atom. The van der Waals surface area contributed by atoms with Gasteiger partial charge in [-0.2, -0.15) is 0 Å². The first kappa shape index (κ1) is 16.3. The number of carbonyl (C=O) groups is 1. The highest BCUT2D eigenvalue weighted by Crippen LogP contribution is 2.37. The first-order valence-corrected chi connectivity index (χ1v) is 8.19. The highest BCUT2D eigenvalue weighted by molar-refractivity contribution is 6.62. The molecule has 2 aliphatic heterocycles. The molecular formula is C17H24BNO4. The third-order valence-electron chi connectivity index (χ3n) is 5.22. The first-order valence-electron chi connectivity index (χ1n) is 8.19. The largest absolute Gasteiger partial charge is 0.494 e. The van der Waals surface area contributed by atoms with Crippen molar-refractivity contribution in [3.8, 4) is 0 Å². The Morgan fingerprint density at radius 3 is 2.22 bits per heavy atom. The molecule has 0 aromatic heterocycles. The monoisotopic (exact) mass is 317 g/mol. The Bertz CT molecular complexity index is 607. The minimum atomic E-state index is -0.896. The van der Waals surface area contributed by atoms with E-state index in [0.717, 1.165) is 37.1 Å². The number of anilines is 1. The number of hydrogen-bond acceptors (Lipinski definition) is 4. The maximum Gasteiger partial charge on any atom is 0.494 e. The van der Waals surface area contributed by atoms with Crippen LogP contribution in [0.1, 0.15) is 50.9 Å². The predicted octanol–water partition coefficient (Wildman–Crippen LogP) is 2.28. The molecule has 2 saturated heterocycles. The fraction of sp³-hybridized carbons (Fsp3) is 0.588. The molecule has 124 valence electrons. The van der Waals surface area contributed by atoms with Crippen LogP contribution in [0.2, 0.25) is 0 Å². The van der Waals surface area contributed by atoms with Crippen LogP contribution in [-0.2, 0) is 9.31 Å². The second-order valence-electron chi connectivity index (χ2n) is 7.36. The molecular weight excluding hydrogens is 293 g/mol. The van der Waals surface area contributed by atoms with Crippen LogP contribution in [0.4, 0.5) is 5.69 Å². The molecule has 0 spiro atoms. The summed E-state index contributed by atoms with van der Waals surface area (Å²) < 4.78 is 12.2. The molecule has 0 saturated carbocycles. The number of carboxylic acids is 1. The molecule has 1 aromatic carbocycles. The van der Waals surface area contributed by atoms with Gasteiger partial charge in [-0.15, -0.1) is 0 Å². The van der Waals surface area contributed by atoms with Gasteiger partial charge >= 0.3 is 13.1 Å². The number of benzene rings is 1. The molecule has 0 bridgehead atoms. The van der Waals surface area contributed by atoms with Gasteiger partial charge in [0.25, 0.3) is 0 Å². The summed E-state index contributed by atoms with van der Waals surface area (Å²) in [5.41, 5.74) is 1.17. The minimum Gasteiger partial charge on any atom is -0.478 e. The lowest BCUT2D eigenvalue weighted by Crippen LogP contribution is -2.41. The maximum absolute atomic E-state index is 11.5. The quantitative estimate of drug-likeness (QED) is 0.867. The fourth-order valence-corrected chi connectivity index (χ4v) is 3.07. The molecule has 5 nitrogen and oxygen atoms in total. The van der Waals surface area contributed by atoms with E-state index in [1.807, 2.05) is 33.8 Å². The summed E-state index contributed by atoms with van der Waals surface area (Å²) in [6, 6.07) is 5.37. The number of rotatable bonds is 3. The highest BCUT2D eigenvalue weighted by Gasteiger charge is 2.51. The van der Waals surface area contributed by atoms with E-state index in [1.165, 1.54) is 0 Å². The van der Waals surface area contributed by atoms with Gasteiger partial charge in [0.15, 0.2) is 0 Å². The van der Waals surface area contributed by atoms with Crippen molar-refractivity contribution in [1.82, 2.24) is 0 Å². The minimum absolute atomic E-state index is 0.340. The molecule has 0 radical (unpaired) electrons. The van der Waals surface area contributed by atoms with Crippen LogP contribution in [0.25, 0.3) is 0 Å². The smallest absolute Gasteiger partial charge is 0.478 e. The predicted molar refractivity (Wildman–Crippen MR) is 90.6 cm³/mol. The Kier molecular flexibility index (Phi) is 3.93. The van der Waals surface area contributed by atoms with Crippen LogP contribution < -0.4 is 10.4 Å². The van der Waals surface area contributed by atoms with Crippen molar-refractivity contribution in [2.24, 2.45) is 0 Å². The van der Waals surface area contributed by atoms with E-state index in [2.05, 4.69) is 4.90 Å². The van der Waals surface area contributed by atoms with Gasteiger partial charge in [0.1, 0.15) is 0 Å². The standard InChI is InChI=1S/C17H24BNO4/c1-16(2)17(3,4)23-18(22-16)12-7-8-13(15(20)21)14(11-12)19-9-5-6-10-19/h7-8,11H,5-6,9-10H2,1-4H3,(H,20,21). The Hall–Kier alpha value is -1.53. The van der Waals surface area contributed by atoms with Gasteiger partial charge in [-0.3, -0.25) is 0 Å². The molecule has 1 aromatic rings. The fourth-order valence-electron chi connectivity index (χ4n) is 3.07. The number of nitrogens with zero attached hydrogens (tertiary/aromatic N) is 1. The Balaban J connectivity index is 1.95. The van der Waals surface area contributed by atoms with Gasteiger partial charge in [0, 0.05) is 13.1 Å². The third-order valence-corrected chi connectivity index (χ3v) is 5.22. The topological polar surface area (TPSA) is 59.0 Å². The number of aromatic carboxylic acids is 1. The molecule has 6 heteroatoms. The normalized spacial score (nSPS) is 22.6. The molecule has 1 N–H and O–H groups in total. The molecule has 23 heavy (non-hydrogen) atoms. The second-order valence-corrected chi connectivity index (χ2v) is 7.36. The van der Waals surface area contributed by atoms with E-state index in [-0.39, 0.29) is 0 Å². The summed E-state index contributed by atoms with van der Waals surface area (Å²) in [5, 5.41) is 9.46. The van der Waals surface area contributed by atoms with Crippen molar-refractivity contribution < 1.29 is 19.2 Å². The molecule has 0 unspecified atom stereocenters. The van der Waals surface area contributed by atoms with Crippen molar-refractivity contribution >= 4 is 24.2 Å². The van der Waals surface area contributed by atoms with Crippen molar-refractivity contribution in [2.45, 2.75) is 51.7 Å². The molecule has 3 rings (SSSR count). The number of carboxylic acid groups (broad SMARTS) is 1. The van der Waals surface area contributed by atoms with E-state index in [1.54, 1.807) is 12.1 Å². The summed E-state index contributed by atoms with van der Waals surface area (Å²) >= 11 is 0. The van der Waals surface area contributed by atoms with E-state index in [9.17, 15) is 9.90 Å². The van der Waals surface area contributed by atoms with Crippen molar-refractivity contribution in [3.05, 3.63) is 23.8 Å². The van der Waals surface area contributed by atoms with E-state index < -0.39 is 24.3 Å². The summed E-state index contributed by atoms with van der Waals surface area (Å²) in [5.74, 6) is -0.896. The summed E-state index contributed by atoms with van der Waals surface area (Å²) in [6.45, 7) is 9.85. The van der Waals surface area contributed by atoms with E-state index in [4.69, 9.17) is 9.31 Å². The molecule has 0 aliphatic carbocycles. The van der Waals surface area contributed by atoms with Gasteiger partial charge in [0.05, 0.1) is 22.5 Å². The third kappa shape index (κ3) is 2.86. The van der Waals surface area contributed by atoms with Crippen LogP contribution in [0.5, 0.6) is 0 Å². The average molecular weight is 317 g/mol. The van der Waals surface area contributed by atoms with Gasteiger partial charge in [-0.05, 0) is 58.1 Å². The molecule has 0 atom stereocenters. The first-order chi connectivity index (χ1) is 10.7. The molecule has 0 amide bonds. The van der Waals surface area contributed by atoms with Crippen molar-refractivity contribution in [2.75, 3.05) is 18.0 Å². The zero-order valence-corrected chi connectivity index (χ0v) is 14.3. The summed E-state index contributed by atoms with van der Waals surface area (Å²) in [7, 11) is -0.468. The van der Waals surface area contributed by atoms with Crippen LogP contribution in [0, 0.1) is 0 Å². The Morgan fingerprint density at radius 1 is 1.13 bits per heavy atom. The lowest BCUT2D eigenvalue weighted by Gasteiger charge is -2.32. The van der Waals surface area contributed by atoms with Crippen LogP contribution in [-0.4, -0.2) is 42.5 Å². The van der Waals surface area contributed by atoms with Gasteiger partial charge in [-0.25, -0.2) is 4.79 Å². The molecule has 2 heterocycles. The van der Waals surface area contributed by atoms with Gasteiger partial charge < -0.3 is 19.3 Å². The second kappa shape index (κ2) is 5.53. The lowest BCUT2D eigenvalue weighted by molar-refractivity contribution is 0.00578. The number of hydrogen-bond donors (Lipinski definition) is 1. The average Bonchev–Trinajstić information content (AvgIpc) is 3.05. The van der Waals surface area contributed by atoms with Crippen LogP contribution in [0.15, 0.2) is 18.2 Å².